The van der Waals surface area contributed by atoms with Crippen molar-refractivity contribution in [2.75, 3.05) is 11.9 Å². The standard InChI is InChI=1S/C12H18N2S/c1-2-13-11-8-5-9-12(14-11)15-10-6-3-4-7-10/h5,8-10H,2-4,6-7H2,1H3,(H,13,14). The third kappa shape index (κ3) is 3.13. The minimum atomic E-state index is 0.800. The molecule has 1 aromatic heterocycles. The molecule has 0 amide bonds. The Labute approximate surface area is 95.9 Å². The van der Waals surface area contributed by atoms with Crippen molar-refractivity contribution < 1.29 is 0 Å². The Kier molecular flexibility index (Phi) is 3.89. The predicted octanol–water partition coefficient (Wildman–Crippen LogP) is 3.55. The van der Waals surface area contributed by atoms with E-state index in [-0.39, 0.29) is 0 Å². The van der Waals surface area contributed by atoms with Gasteiger partial charge in [0.2, 0.25) is 0 Å². The summed E-state index contributed by atoms with van der Waals surface area (Å²) in [6.07, 6.45) is 5.50. The quantitative estimate of drug-likeness (QED) is 0.843. The summed E-state index contributed by atoms with van der Waals surface area (Å²) in [5, 5.41) is 5.22. The normalized spacial score (nSPS) is 16.9. The molecule has 0 saturated heterocycles. The van der Waals surface area contributed by atoms with Crippen LogP contribution >= 0.6 is 11.8 Å². The van der Waals surface area contributed by atoms with Crippen LogP contribution in [-0.4, -0.2) is 16.8 Å². The highest BCUT2D eigenvalue weighted by Crippen LogP contribution is 2.33. The highest BCUT2D eigenvalue weighted by molar-refractivity contribution is 7.99. The van der Waals surface area contributed by atoms with E-state index in [1.165, 1.54) is 30.7 Å². The van der Waals surface area contributed by atoms with Gasteiger partial charge in [-0.2, -0.15) is 0 Å². The largest absolute Gasteiger partial charge is 0.370 e. The molecule has 2 rings (SSSR count). The van der Waals surface area contributed by atoms with Gasteiger partial charge in [0, 0.05) is 11.8 Å². The molecule has 82 valence electrons. The lowest BCUT2D eigenvalue weighted by molar-refractivity contribution is 0.886. The third-order valence-corrected chi connectivity index (χ3v) is 3.94. The van der Waals surface area contributed by atoms with Gasteiger partial charge in [-0.3, -0.25) is 0 Å². The molecule has 1 heterocycles. The predicted molar refractivity (Wildman–Crippen MR) is 66.5 cm³/mol. The molecular weight excluding hydrogens is 204 g/mol. The fourth-order valence-corrected chi connectivity index (χ4v) is 3.16. The topological polar surface area (TPSA) is 24.9 Å². The SMILES string of the molecule is CCNc1cccc(SC2CCCC2)n1. The van der Waals surface area contributed by atoms with Gasteiger partial charge in [-0.15, -0.1) is 11.8 Å². The lowest BCUT2D eigenvalue weighted by Gasteiger charge is -2.09. The fourth-order valence-electron chi connectivity index (χ4n) is 1.94. The lowest BCUT2D eigenvalue weighted by Crippen LogP contribution is -2.00. The molecule has 1 aromatic rings. The Morgan fingerprint density at radius 2 is 2.20 bits per heavy atom. The first-order valence-corrected chi connectivity index (χ1v) is 6.64. The summed E-state index contributed by atoms with van der Waals surface area (Å²) in [6, 6.07) is 6.23. The summed E-state index contributed by atoms with van der Waals surface area (Å²) in [5.41, 5.74) is 0. The maximum Gasteiger partial charge on any atom is 0.127 e. The van der Waals surface area contributed by atoms with Crippen LogP contribution in [-0.2, 0) is 0 Å². The van der Waals surface area contributed by atoms with E-state index < -0.39 is 0 Å². The Hall–Kier alpha value is -0.700. The molecule has 3 heteroatoms. The Morgan fingerprint density at radius 1 is 1.40 bits per heavy atom. The van der Waals surface area contributed by atoms with Gasteiger partial charge in [-0.1, -0.05) is 18.9 Å². The number of hydrogen-bond donors (Lipinski definition) is 1. The van der Waals surface area contributed by atoms with E-state index in [9.17, 15) is 0 Å². The molecule has 1 aliphatic rings. The molecule has 1 N–H and O–H groups in total. The second kappa shape index (κ2) is 5.40. The zero-order chi connectivity index (χ0) is 10.5. The van der Waals surface area contributed by atoms with E-state index in [1.807, 2.05) is 17.8 Å². The van der Waals surface area contributed by atoms with Crippen molar-refractivity contribution in [2.24, 2.45) is 0 Å². The average molecular weight is 222 g/mol. The number of thioether (sulfide) groups is 1. The molecule has 0 bridgehead atoms. The van der Waals surface area contributed by atoms with Crippen LogP contribution in [0.2, 0.25) is 0 Å². The van der Waals surface area contributed by atoms with Crippen molar-refractivity contribution in [1.82, 2.24) is 4.98 Å². The lowest BCUT2D eigenvalue weighted by atomic mass is 10.4. The number of aromatic nitrogens is 1. The highest BCUT2D eigenvalue weighted by atomic mass is 32.2. The molecule has 1 fully saturated rings. The van der Waals surface area contributed by atoms with Crippen LogP contribution in [0.5, 0.6) is 0 Å². The summed E-state index contributed by atoms with van der Waals surface area (Å²) in [7, 11) is 0. The van der Waals surface area contributed by atoms with E-state index in [0.29, 0.717) is 0 Å². The molecule has 0 spiro atoms. The van der Waals surface area contributed by atoms with Crippen LogP contribution in [0.3, 0.4) is 0 Å². The van der Waals surface area contributed by atoms with Crippen LogP contribution in [0.25, 0.3) is 0 Å². The zero-order valence-corrected chi connectivity index (χ0v) is 10.0. The molecule has 1 aliphatic carbocycles. The summed E-state index contributed by atoms with van der Waals surface area (Å²) in [6.45, 7) is 3.03. The summed E-state index contributed by atoms with van der Waals surface area (Å²) in [5.74, 6) is 1.00. The third-order valence-electron chi connectivity index (χ3n) is 2.67. The first-order chi connectivity index (χ1) is 7.38. The number of anilines is 1. The van der Waals surface area contributed by atoms with E-state index in [4.69, 9.17) is 0 Å². The zero-order valence-electron chi connectivity index (χ0n) is 9.20. The first kappa shape index (κ1) is 10.8. The number of hydrogen-bond acceptors (Lipinski definition) is 3. The van der Waals surface area contributed by atoms with Crippen molar-refractivity contribution in [3.8, 4) is 0 Å². The molecule has 2 nitrogen and oxygen atoms in total. The number of nitrogens with one attached hydrogen (secondary N) is 1. The molecule has 0 aliphatic heterocycles. The van der Waals surface area contributed by atoms with Gasteiger partial charge in [0.15, 0.2) is 0 Å². The summed E-state index contributed by atoms with van der Waals surface area (Å²) in [4.78, 5) is 4.58. The maximum atomic E-state index is 4.58. The molecule has 1 saturated carbocycles. The van der Waals surface area contributed by atoms with Gasteiger partial charge in [-0.05, 0) is 31.9 Å². The summed E-state index contributed by atoms with van der Waals surface area (Å²) < 4.78 is 0. The molecule has 0 aromatic carbocycles. The van der Waals surface area contributed by atoms with Crippen molar-refractivity contribution in [3.05, 3.63) is 18.2 Å². The number of rotatable bonds is 4. The van der Waals surface area contributed by atoms with E-state index in [1.54, 1.807) is 0 Å². The van der Waals surface area contributed by atoms with Crippen molar-refractivity contribution in [1.29, 1.82) is 0 Å². The Morgan fingerprint density at radius 3 is 2.93 bits per heavy atom. The molecule has 0 unspecified atom stereocenters. The van der Waals surface area contributed by atoms with Gasteiger partial charge >= 0.3 is 0 Å². The fraction of sp³-hybridized carbons (Fsp3) is 0.583. The van der Waals surface area contributed by atoms with E-state index >= 15 is 0 Å². The minimum Gasteiger partial charge on any atom is -0.370 e. The van der Waals surface area contributed by atoms with Gasteiger partial charge in [0.1, 0.15) is 5.82 Å². The van der Waals surface area contributed by atoms with Gasteiger partial charge in [0.25, 0.3) is 0 Å². The number of nitrogens with zero attached hydrogens (tertiary/aromatic N) is 1. The second-order valence-electron chi connectivity index (χ2n) is 3.92. The maximum absolute atomic E-state index is 4.58. The van der Waals surface area contributed by atoms with Crippen molar-refractivity contribution in [3.63, 3.8) is 0 Å². The molecular formula is C12H18N2S. The van der Waals surface area contributed by atoms with Crippen LogP contribution < -0.4 is 5.32 Å². The number of pyridine rings is 1. The Balaban J connectivity index is 1.97. The van der Waals surface area contributed by atoms with Crippen LogP contribution in [0, 0.1) is 0 Å². The smallest absolute Gasteiger partial charge is 0.127 e. The van der Waals surface area contributed by atoms with Crippen LogP contribution in [0.4, 0.5) is 5.82 Å². The highest BCUT2D eigenvalue weighted by Gasteiger charge is 2.16. The summed E-state index contributed by atoms with van der Waals surface area (Å²) >= 11 is 1.94. The van der Waals surface area contributed by atoms with Gasteiger partial charge < -0.3 is 5.32 Å². The van der Waals surface area contributed by atoms with Crippen molar-refractivity contribution in [2.45, 2.75) is 42.9 Å². The van der Waals surface area contributed by atoms with Crippen LogP contribution in [0.15, 0.2) is 23.2 Å². The second-order valence-corrected chi connectivity index (χ2v) is 5.24. The monoisotopic (exact) mass is 222 g/mol. The Bertz CT molecular complexity index is 308. The van der Waals surface area contributed by atoms with Gasteiger partial charge in [0.05, 0.1) is 5.03 Å². The van der Waals surface area contributed by atoms with Gasteiger partial charge in [-0.25, -0.2) is 4.98 Å². The first-order valence-electron chi connectivity index (χ1n) is 5.76. The van der Waals surface area contributed by atoms with E-state index in [0.717, 1.165) is 17.6 Å². The van der Waals surface area contributed by atoms with E-state index in [2.05, 4.69) is 29.4 Å². The average Bonchev–Trinajstić information content (AvgIpc) is 2.71. The molecule has 0 radical (unpaired) electrons. The minimum absolute atomic E-state index is 0.800. The van der Waals surface area contributed by atoms with Crippen molar-refractivity contribution >= 4 is 17.6 Å². The molecule has 15 heavy (non-hydrogen) atoms. The molecule has 0 atom stereocenters. The van der Waals surface area contributed by atoms with Crippen LogP contribution in [0.1, 0.15) is 32.6 Å².